The Morgan fingerprint density at radius 2 is 0.714 bits per heavy atom. The van der Waals surface area contributed by atoms with Gasteiger partial charge >= 0.3 is 0 Å². The van der Waals surface area contributed by atoms with E-state index in [1.807, 2.05) is 34.0 Å². The summed E-state index contributed by atoms with van der Waals surface area (Å²) in [7, 11) is 0. The molecule has 7 aromatic heterocycles. The second-order valence-electron chi connectivity index (χ2n) is 22.3. The molecule has 0 fully saturated rings. The van der Waals surface area contributed by atoms with Crippen molar-refractivity contribution in [3.8, 4) is 51.0 Å². The van der Waals surface area contributed by atoms with E-state index in [-0.39, 0.29) is 0 Å². The van der Waals surface area contributed by atoms with Gasteiger partial charge in [-0.2, -0.15) is 0 Å². The van der Waals surface area contributed by atoms with Gasteiger partial charge in [-0.05, 0) is 133 Å². The van der Waals surface area contributed by atoms with E-state index < -0.39 is 0 Å². The molecule has 0 spiro atoms. The molecule has 392 valence electrons. The number of hydrogen-bond donors (Lipinski definition) is 0. The van der Waals surface area contributed by atoms with Gasteiger partial charge < -0.3 is 13.7 Å². The molecule has 84 heavy (non-hydrogen) atoms. The van der Waals surface area contributed by atoms with Crippen LogP contribution in [0.2, 0.25) is 0 Å². The summed E-state index contributed by atoms with van der Waals surface area (Å²) in [5.74, 6) is 0.674. The van der Waals surface area contributed by atoms with Gasteiger partial charge in [0.25, 0.3) is 0 Å². The predicted octanol–water partition coefficient (Wildman–Crippen LogP) is 21.7. The van der Waals surface area contributed by atoms with E-state index in [1.165, 1.54) is 126 Å². The third-order valence-electron chi connectivity index (χ3n) is 17.8. The van der Waals surface area contributed by atoms with Crippen LogP contribution in [-0.4, -0.2) is 23.7 Å². The van der Waals surface area contributed by atoms with E-state index >= 15 is 0 Å². The fraction of sp³-hybridized carbons (Fsp3) is 0.0263. The Bertz CT molecular complexity index is 5590. The van der Waals surface area contributed by atoms with Crippen molar-refractivity contribution in [3.63, 3.8) is 0 Å². The summed E-state index contributed by atoms with van der Waals surface area (Å²) in [4.78, 5) is 12.3. The molecule has 18 aromatic rings. The van der Waals surface area contributed by atoms with Gasteiger partial charge in [0.2, 0.25) is 0 Å². The maximum Gasteiger partial charge on any atom is 0.160 e. The lowest BCUT2D eigenvalue weighted by atomic mass is 10.00. The number of aromatic nitrogens is 5. The van der Waals surface area contributed by atoms with Gasteiger partial charge in [0, 0.05) is 116 Å². The van der Waals surface area contributed by atoms with Crippen LogP contribution in [0.4, 0.5) is 0 Å². The number of nitrogens with zero attached hydrogens (tertiary/aromatic N) is 5. The quantitative estimate of drug-likeness (QED) is 0.166. The lowest BCUT2D eigenvalue weighted by Gasteiger charge is -2.13. The highest BCUT2D eigenvalue weighted by molar-refractivity contribution is 7.27. The number of allylic oxidation sites excluding steroid dienone is 1. The third-order valence-corrected chi connectivity index (χ3v) is 21.4. The summed E-state index contributed by atoms with van der Waals surface area (Å²) >= 11 is 5.71. The van der Waals surface area contributed by atoms with Gasteiger partial charge in [-0.3, -0.25) is 0 Å². The molecular weight excluding hydrogens is 1080 g/mol. The molecule has 0 saturated heterocycles. The minimum absolute atomic E-state index is 0.674. The summed E-state index contributed by atoms with van der Waals surface area (Å²) in [6, 6.07) is 87.0. The molecule has 5 nitrogen and oxygen atoms in total. The van der Waals surface area contributed by atoms with E-state index in [0.717, 1.165) is 58.0 Å². The van der Waals surface area contributed by atoms with Crippen LogP contribution in [-0.2, 0) is 6.42 Å². The van der Waals surface area contributed by atoms with Crippen molar-refractivity contribution in [3.05, 3.63) is 253 Å². The first-order valence-electron chi connectivity index (χ1n) is 28.7. The molecule has 0 bridgehead atoms. The Labute approximate surface area is 493 Å². The second kappa shape index (κ2) is 17.8. The highest BCUT2D eigenvalue weighted by atomic mass is 32.1. The zero-order chi connectivity index (χ0) is 54.7. The monoisotopic (exact) mass is 1120 g/mol. The molecule has 0 N–H and O–H groups in total. The highest BCUT2D eigenvalue weighted by Gasteiger charge is 2.23. The third kappa shape index (κ3) is 6.69. The van der Waals surface area contributed by atoms with Crippen molar-refractivity contribution in [1.29, 1.82) is 0 Å². The molecule has 19 rings (SSSR count). The Kier molecular flexibility index (Phi) is 9.87. The first-order valence-corrected chi connectivity index (χ1v) is 31.1. The second-order valence-corrected chi connectivity index (χ2v) is 25.4. The van der Waals surface area contributed by atoms with E-state index in [0.29, 0.717) is 5.82 Å². The van der Waals surface area contributed by atoms with Crippen LogP contribution >= 0.6 is 34.0 Å². The number of hydrogen-bond acceptors (Lipinski definition) is 5. The topological polar surface area (TPSA) is 40.6 Å². The van der Waals surface area contributed by atoms with Crippen molar-refractivity contribution in [2.45, 2.75) is 12.8 Å². The number of fused-ring (bicyclic) bond motifs is 21. The fourth-order valence-corrected chi connectivity index (χ4v) is 17.8. The number of rotatable bonds is 6. The molecule has 0 amide bonds. The Hall–Kier alpha value is -9.96. The van der Waals surface area contributed by atoms with Gasteiger partial charge in [-0.25, -0.2) is 9.97 Å². The summed E-state index contributed by atoms with van der Waals surface area (Å²) in [5, 5.41) is 14.4. The Morgan fingerprint density at radius 3 is 1.18 bits per heavy atom. The average Bonchev–Trinajstić information content (AvgIpc) is 4.11. The van der Waals surface area contributed by atoms with Crippen LogP contribution in [0, 0.1) is 0 Å². The summed E-state index contributed by atoms with van der Waals surface area (Å²) in [6.45, 7) is 0. The number of benzene rings is 11. The molecule has 1 aliphatic carbocycles. The summed E-state index contributed by atoms with van der Waals surface area (Å²) in [5.41, 5.74) is 16.7. The maximum absolute atomic E-state index is 5.44. The molecule has 1 aliphatic rings. The van der Waals surface area contributed by atoms with Crippen molar-refractivity contribution in [2.75, 3.05) is 0 Å². The van der Waals surface area contributed by atoms with Gasteiger partial charge in [-0.1, -0.05) is 140 Å². The van der Waals surface area contributed by atoms with Gasteiger partial charge in [0.15, 0.2) is 5.82 Å². The van der Waals surface area contributed by atoms with Crippen molar-refractivity contribution in [1.82, 2.24) is 23.7 Å². The van der Waals surface area contributed by atoms with Crippen LogP contribution in [0.1, 0.15) is 16.9 Å². The standard InChI is InChI=1S/C76H45N5S3/c1-7-19-61-56(16-1)70-64(40-37-53-50-13-4-10-22-67(50)82-73(53)70)79(61)47-31-25-44(26-32-47)59-43-60(45-27-33-48(34-28-45)80-62-20-8-2-17-57(62)71-65(80)41-38-54-51-14-5-11-23-68(51)83-74(54)71)78-76(77-59)46-29-35-49(36-30-46)81-63-21-9-3-18-58(63)72-66(81)42-39-55-52-15-6-12-24-69(52)84-75(55)72/h1-5,7-14,16-43H,6,15H2. The Morgan fingerprint density at radius 1 is 0.321 bits per heavy atom. The number of thiophene rings is 3. The molecule has 0 saturated carbocycles. The molecule has 7 heterocycles. The molecular formula is C76H45N5S3. The average molecular weight is 1120 g/mol. The lowest BCUT2D eigenvalue weighted by molar-refractivity contribution is 1.01. The normalized spacial score (nSPS) is 12.9. The van der Waals surface area contributed by atoms with E-state index in [4.69, 9.17) is 9.97 Å². The van der Waals surface area contributed by atoms with Crippen LogP contribution in [0.15, 0.2) is 243 Å². The van der Waals surface area contributed by atoms with E-state index in [9.17, 15) is 0 Å². The van der Waals surface area contributed by atoms with Crippen molar-refractivity contribution in [2.24, 2.45) is 0 Å². The minimum atomic E-state index is 0.674. The van der Waals surface area contributed by atoms with Crippen LogP contribution in [0.5, 0.6) is 0 Å². The molecule has 0 radical (unpaired) electrons. The van der Waals surface area contributed by atoms with Gasteiger partial charge in [-0.15, -0.1) is 34.0 Å². The van der Waals surface area contributed by atoms with E-state index in [1.54, 1.807) is 0 Å². The first-order chi connectivity index (χ1) is 41.6. The SMILES string of the molecule is C1=Cc2sc3c(ccc4c3c3ccccc3n4-c3ccc(-c4nc(-c5ccc(-n6c7ccccc7c7c8sc9ccccc9c8ccc76)cc5)cc(-c5ccc(-n6c7ccccc7c7c8sc9ccccc9c8ccc76)cc5)n4)cc3)c2CC1. The lowest BCUT2D eigenvalue weighted by Crippen LogP contribution is -1.98. The largest absolute Gasteiger partial charge is 0.309 e. The number of aryl methyl sites for hydroxylation is 1. The molecule has 8 heteroatoms. The summed E-state index contributed by atoms with van der Waals surface area (Å²) < 4.78 is 13.9. The van der Waals surface area contributed by atoms with Crippen LogP contribution in [0.3, 0.4) is 0 Å². The molecule has 0 atom stereocenters. The van der Waals surface area contributed by atoms with Crippen LogP contribution in [0.25, 0.3) is 173 Å². The first kappa shape index (κ1) is 46.6. The van der Waals surface area contributed by atoms with Gasteiger partial charge in [0.05, 0.1) is 44.5 Å². The fourth-order valence-electron chi connectivity index (χ4n) is 14.0. The number of para-hydroxylation sites is 3. The molecule has 11 aromatic carbocycles. The smallest absolute Gasteiger partial charge is 0.160 e. The van der Waals surface area contributed by atoms with Crippen molar-refractivity contribution < 1.29 is 0 Å². The van der Waals surface area contributed by atoms with Gasteiger partial charge in [0.1, 0.15) is 0 Å². The van der Waals surface area contributed by atoms with Crippen molar-refractivity contribution >= 4 is 156 Å². The zero-order valence-electron chi connectivity index (χ0n) is 45.0. The van der Waals surface area contributed by atoms with Crippen LogP contribution < -0.4 is 0 Å². The molecule has 0 unspecified atom stereocenters. The van der Waals surface area contributed by atoms with E-state index in [2.05, 4.69) is 262 Å². The maximum atomic E-state index is 5.44. The predicted molar refractivity (Wildman–Crippen MR) is 360 cm³/mol. The Balaban J connectivity index is 0.749. The zero-order valence-corrected chi connectivity index (χ0v) is 47.5. The molecule has 0 aliphatic heterocycles. The highest BCUT2D eigenvalue weighted by Crippen LogP contribution is 2.47. The summed E-state index contributed by atoms with van der Waals surface area (Å²) in [6.07, 6.45) is 6.84. The minimum Gasteiger partial charge on any atom is -0.309 e.